The van der Waals surface area contributed by atoms with Gasteiger partial charge in [0.25, 0.3) is 0 Å². The van der Waals surface area contributed by atoms with Crippen molar-refractivity contribution in [3.05, 3.63) is 54.4 Å². The summed E-state index contributed by atoms with van der Waals surface area (Å²) in [6.45, 7) is 1.34. The fraction of sp³-hybridized carbons (Fsp3) is 0.375. The summed E-state index contributed by atoms with van der Waals surface area (Å²) in [7, 11) is 3.82. The number of aromatic nitrogens is 1. The van der Waals surface area contributed by atoms with E-state index in [-0.39, 0.29) is 31.3 Å². The summed E-state index contributed by atoms with van der Waals surface area (Å²) in [5.74, 6) is -2.32. The maximum Gasteiger partial charge on any atom is 0.319 e. The van der Waals surface area contributed by atoms with Crippen molar-refractivity contribution in [2.75, 3.05) is 43.9 Å². The number of hydrogen-bond donors (Lipinski definition) is 4. The molecule has 4 N–H and O–H groups in total. The molecule has 4 amide bonds. The number of urea groups is 1. The lowest BCUT2D eigenvalue weighted by Gasteiger charge is -2.20. The van der Waals surface area contributed by atoms with Gasteiger partial charge in [-0.05, 0) is 43.9 Å². The van der Waals surface area contributed by atoms with Crippen LogP contribution in [0, 0.1) is 5.92 Å². The van der Waals surface area contributed by atoms with Crippen molar-refractivity contribution in [2.45, 2.75) is 18.9 Å². The third-order valence-corrected chi connectivity index (χ3v) is 5.54. The van der Waals surface area contributed by atoms with Crippen LogP contribution in [0.2, 0.25) is 0 Å². The van der Waals surface area contributed by atoms with E-state index in [2.05, 4.69) is 20.9 Å². The van der Waals surface area contributed by atoms with Gasteiger partial charge in [-0.2, -0.15) is 0 Å². The second kappa shape index (κ2) is 11.9. The molecule has 2 aromatic rings. The molecule has 1 fully saturated rings. The number of nitrogens with one attached hydrogen (secondary N) is 3. The lowest BCUT2D eigenvalue weighted by molar-refractivity contribution is -0.138. The zero-order valence-electron chi connectivity index (χ0n) is 19.7. The highest BCUT2D eigenvalue weighted by molar-refractivity contribution is 6.01. The normalized spacial score (nSPS) is 16.1. The van der Waals surface area contributed by atoms with Gasteiger partial charge < -0.3 is 30.9 Å². The first-order chi connectivity index (χ1) is 16.7. The molecule has 0 radical (unpaired) electrons. The third kappa shape index (κ3) is 7.51. The second-order valence-corrected chi connectivity index (χ2v) is 8.59. The monoisotopic (exact) mass is 482 g/mol. The van der Waals surface area contributed by atoms with E-state index >= 15 is 0 Å². The number of carboxylic acid groups (broad SMARTS) is 1. The van der Waals surface area contributed by atoms with Gasteiger partial charge in [0, 0.05) is 49.8 Å². The average molecular weight is 483 g/mol. The minimum absolute atomic E-state index is 0.00133. The summed E-state index contributed by atoms with van der Waals surface area (Å²) in [4.78, 5) is 56.5. The number of amides is 4. The Labute approximate surface area is 203 Å². The topological polar surface area (TPSA) is 144 Å². The maximum atomic E-state index is 12.9. The van der Waals surface area contributed by atoms with Crippen LogP contribution >= 0.6 is 0 Å². The predicted octanol–water partition coefficient (Wildman–Crippen LogP) is 1.45. The van der Waals surface area contributed by atoms with Crippen molar-refractivity contribution in [1.29, 1.82) is 0 Å². The molecule has 0 spiro atoms. The lowest BCUT2D eigenvalue weighted by atomic mass is 10.0. The van der Waals surface area contributed by atoms with E-state index in [1.54, 1.807) is 42.6 Å². The molecule has 3 rings (SSSR count). The first kappa shape index (κ1) is 25.6. The highest BCUT2D eigenvalue weighted by Gasteiger charge is 2.36. The van der Waals surface area contributed by atoms with Crippen molar-refractivity contribution in [1.82, 2.24) is 20.5 Å². The Hall–Kier alpha value is -3.99. The van der Waals surface area contributed by atoms with E-state index in [4.69, 9.17) is 0 Å². The molecule has 1 aromatic heterocycles. The lowest BCUT2D eigenvalue weighted by Crippen LogP contribution is -2.36. The second-order valence-electron chi connectivity index (χ2n) is 8.59. The summed E-state index contributed by atoms with van der Waals surface area (Å²) in [6.07, 6.45) is 2.77. The Kier molecular flexibility index (Phi) is 8.74. The van der Waals surface area contributed by atoms with Crippen LogP contribution in [0.5, 0.6) is 0 Å². The van der Waals surface area contributed by atoms with Crippen LogP contribution in [0.15, 0.2) is 48.8 Å². The third-order valence-electron chi connectivity index (χ3n) is 5.54. The molecule has 0 aliphatic carbocycles. The van der Waals surface area contributed by atoms with Crippen LogP contribution in [0.4, 0.5) is 16.2 Å². The molecule has 2 unspecified atom stereocenters. The van der Waals surface area contributed by atoms with E-state index in [1.807, 2.05) is 19.0 Å². The molecule has 1 aliphatic rings. The van der Waals surface area contributed by atoms with Crippen molar-refractivity contribution >= 4 is 35.2 Å². The number of hydrogen-bond acceptors (Lipinski definition) is 6. The highest BCUT2D eigenvalue weighted by Crippen LogP contribution is 2.28. The van der Waals surface area contributed by atoms with Crippen LogP contribution in [0.25, 0.3) is 0 Å². The Balaban J connectivity index is 1.63. The largest absolute Gasteiger partial charge is 0.481 e. The van der Waals surface area contributed by atoms with Crippen LogP contribution in [-0.2, 0) is 14.4 Å². The van der Waals surface area contributed by atoms with Crippen LogP contribution in [-0.4, -0.2) is 72.5 Å². The fourth-order valence-electron chi connectivity index (χ4n) is 3.75. The number of carbonyl (C=O) groups excluding carboxylic acids is 3. The SMILES string of the molecule is CN(C)CCNC(=O)Nc1cccc(N2CC(C(=O)NC(CC(=O)O)c3cccnc3)CC2=O)c1. The number of nitrogens with zero attached hydrogens (tertiary/aromatic N) is 3. The molecule has 1 saturated heterocycles. The minimum atomic E-state index is -1.06. The Morgan fingerprint density at radius 3 is 2.71 bits per heavy atom. The van der Waals surface area contributed by atoms with Gasteiger partial charge in [-0.3, -0.25) is 19.4 Å². The first-order valence-corrected chi connectivity index (χ1v) is 11.2. The van der Waals surface area contributed by atoms with Gasteiger partial charge in [0.15, 0.2) is 0 Å². The maximum absolute atomic E-state index is 12.9. The molecule has 186 valence electrons. The minimum Gasteiger partial charge on any atom is -0.481 e. The number of carbonyl (C=O) groups is 4. The molecule has 35 heavy (non-hydrogen) atoms. The van der Waals surface area contributed by atoms with Crippen molar-refractivity contribution < 1.29 is 24.3 Å². The molecule has 0 saturated carbocycles. The Morgan fingerprint density at radius 1 is 1.23 bits per heavy atom. The first-order valence-electron chi connectivity index (χ1n) is 11.2. The van der Waals surface area contributed by atoms with E-state index in [1.165, 1.54) is 11.1 Å². The van der Waals surface area contributed by atoms with Crippen molar-refractivity contribution in [2.24, 2.45) is 5.92 Å². The van der Waals surface area contributed by atoms with Gasteiger partial charge in [-0.15, -0.1) is 0 Å². The molecule has 2 heterocycles. The number of rotatable bonds is 10. The summed E-state index contributed by atoms with van der Waals surface area (Å²) in [5, 5.41) is 17.5. The van der Waals surface area contributed by atoms with Crippen LogP contribution in [0.3, 0.4) is 0 Å². The highest BCUT2D eigenvalue weighted by atomic mass is 16.4. The van der Waals surface area contributed by atoms with Crippen molar-refractivity contribution in [3.8, 4) is 0 Å². The number of likely N-dealkylation sites (N-methyl/N-ethyl adjacent to an activating group) is 1. The van der Waals surface area contributed by atoms with Gasteiger partial charge in [-0.1, -0.05) is 12.1 Å². The molecule has 11 heteroatoms. The molecule has 2 atom stereocenters. The molecule has 1 aromatic carbocycles. The average Bonchev–Trinajstić information content (AvgIpc) is 3.20. The van der Waals surface area contributed by atoms with Crippen LogP contribution < -0.4 is 20.9 Å². The molecule has 0 bridgehead atoms. The Bertz CT molecular complexity index is 1060. The number of aliphatic carboxylic acids is 1. The predicted molar refractivity (Wildman–Crippen MR) is 130 cm³/mol. The fourth-order valence-corrected chi connectivity index (χ4v) is 3.75. The number of benzene rings is 1. The molecular formula is C24H30N6O5. The summed E-state index contributed by atoms with van der Waals surface area (Å²) in [6, 6.07) is 9.09. The standard InChI is InChI=1S/C24H30N6O5/c1-29(2)10-9-26-24(35)27-18-6-3-7-19(12-18)30-15-17(11-21(30)31)23(34)28-20(13-22(32)33)16-5-4-8-25-14-16/h3-8,12,14,17,20H,9-11,13,15H2,1-2H3,(H,28,34)(H,32,33)(H2,26,27,35). The molecule has 1 aliphatic heterocycles. The summed E-state index contributed by atoms with van der Waals surface area (Å²) < 4.78 is 0. The van der Waals surface area contributed by atoms with Crippen molar-refractivity contribution in [3.63, 3.8) is 0 Å². The molecule has 11 nitrogen and oxygen atoms in total. The quantitative estimate of drug-likeness (QED) is 0.401. The van der Waals surface area contributed by atoms with E-state index < -0.39 is 23.8 Å². The van der Waals surface area contributed by atoms with Gasteiger partial charge >= 0.3 is 12.0 Å². The van der Waals surface area contributed by atoms with Gasteiger partial charge in [0.1, 0.15) is 0 Å². The zero-order chi connectivity index (χ0) is 25.4. The Morgan fingerprint density at radius 2 is 2.03 bits per heavy atom. The zero-order valence-corrected chi connectivity index (χ0v) is 19.7. The van der Waals surface area contributed by atoms with Crippen LogP contribution in [0.1, 0.15) is 24.4 Å². The number of pyridine rings is 1. The summed E-state index contributed by atoms with van der Waals surface area (Å²) >= 11 is 0. The number of carboxylic acids is 1. The van der Waals surface area contributed by atoms with E-state index in [0.717, 1.165) is 0 Å². The van der Waals surface area contributed by atoms with Gasteiger partial charge in [0.2, 0.25) is 11.8 Å². The molecular weight excluding hydrogens is 452 g/mol. The van der Waals surface area contributed by atoms with Gasteiger partial charge in [-0.25, -0.2) is 4.79 Å². The smallest absolute Gasteiger partial charge is 0.319 e. The number of anilines is 2. The van der Waals surface area contributed by atoms with E-state index in [0.29, 0.717) is 30.0 Å². The summed E-state index contributed by atoms with van der Waals surface area (Å²) in [5.41, 5.74) is 1.65. The van der Waals surface area contributed by atoms with Gasteiger partial charge in [0.05, 0.1) is 18.4 Å². The van der Waals surface area contributed by atoms with E-state index in [9.17, 15) is 24.3 Å².